The van der Waals surface area contributed by atoms with Crippen LogP contribution in [0.15, 0.2) is 36.4 Å². The molecule has 0 amide bonds. The third-order valence-electron chi connectivity index (χ3n) is 3.31. The van der Waals surface area contributed by atoms with Gasteiger partial charge in [0.15, 0.2) is 0 Å². The van der Waals surface area contributed by atoms with Crippen molar-refractivity contribution < 1.29 is 4.74 Å². The normalized spacial score (nSPS) is 10.4. The van der Waals surface area contributed by atoms with Crippen LogP contribution in [0.25, 0.3) is 0 Å². The summed E-state index contributed by atoms with van der Waals surface area (Å²) in [6.07, 6.45) is 0. The van der Waals surface area contributed by atoms with E-state index < -0.39 is 0 Å². The van der Waals surface area contributed by atoms with E-state index in [1.165, 1.54) is 27.8 Å². The first kappa shape index (κ1) is 12.7. The van der Waals surface area contributed by atoms with E-state index in [2.05, 4.69) is 64.1 Å². The average Bonchev–Trinajstić information content (AvgIpc) is 2.34. The molecule has 0 N–H and O–H groups in total. The molecule has 2 aromatic carbocycles. The largest absolute Gasteiger partial charge is 0.489 e. The van der Waals surface area contributed by atoms with Crippen LogP contribution in [0.5, 0.6) is 5.75 Å². The maximum Gasteiger partial charge on any atom is 0.122 e. The number of rotatable bonds is 3. The summed E-state index contributed by atoms with van der Waals surface area (Å²) >= 11 is 0. The Morgan fingerprint density at radius 3 is 2.22 bits per heavy atom. The van der Waals surface area contributed by atoms with Crippen molar-refractivity contribution in [3.8, 4) is 5.75 Å². The Kier molecular flexibility index (Phi) is 3.71. The maximum absolute atomic E-state index is 5.90. The molecule has 2 aromatic rings. The highest BCUT2D eigenvalue weighted by Crippen LogP contribution is 2.21. The molecule has 0 saturated carbocycles. The van der Waals surface area contributed by atoms with Crippen molar-refractivity contribution in [1.82, 2.24) is 0 Å². The Balaban J connectivity index is 2.11. The molecule has 0 fully saturated rings. The molecular formula is C17H20O. The van der Waals surface area contributed by atoms with Crippen LogP contribution in [0.4, 0.5) is 0 Å². The molecule has 1 nitrogen and oxygen atoms in total. The van der Waals surface area contributed by atoms with E-state index in [0.29, 0.717) is 6.61 Å². The Morgan fingerprint density at radius 1 is 0.778 bits per heavy atom. The second-order valence-corrected chi connectivity index (χ2v) is 4.98. The van der Waals surface area contributed by atoms with Crippen molar-refractivity contribution in [2.24, 2.45) is 0 Å². The average molecular weight is 240 g/mol. The molecule has 0 spiro atoms. The monoisotopic (exact) mass is 240 g/mol. The van der Waals surface area contributed by atoms with E-state index in [9.17, 15) is 0 Å². The van der Waals surface area contributed by atoms with Crippen molar-refractivity contribution in [3.63, 3.8) is 0 Å². The molecule has 2 rings (SSSR count). The highest BCUT2D eigenvalue weighted by molar-refractivity contribution is 5.36. The van der Waals surface area contributed by atoms with E-state index >= 15 is 0 Å². The topological polar surface area (TPSA) is 9.23 Å². The quantitative estimate of drug-likeness (QED) is 0.767. The van der Waals surface area contributed by atoms with Gasteiger partial charge in [0.2, 0.25) is 0 Å². The standard InChI is InChI=1S/C17H20O/c1-12-5-6-14(3)17(9-12)18-11-16-8-7-13(2)15(4)10-16/h5-10H,11H2,1-4H3. The Labute approximate surface area is 109 Å². The summed E-state index contributed by atoms with van der Waals surface area (Å²) < 4.78 is 5.90. The van der Waals surface area contributed by atoms with Crippen LogP contribution in [-0.2, 0) is 6.61 Å². The minimum atomic E-state index is 0.630. The third kappa shape index (κ3) is 2.92. The first-order chi connectivity index (χ1) is 8.56. The smallest absolute Gasteiger partial charge is 0.122 e. The maximum atomic E-state index is 5.90. The minimum Gasteiger partial charge on any atom is -0.489 e. The third-order valence-corrected chi connectivity index (χ3v) is 3.31. The lowest BCUT2D eigenvalue weighted by atomic mass is 10.1. The number of hydrogen-bond acceptors (Lipinski definition) is 1. The highest BCUT2D eigenvalue weighted by Gasteiger charge is 2.01. The van der Waals surface area contributed by atoms with Crippen LogP contribution >= 0.6 is 0 Å². The molecule has 18 heavy (non-hydrogen) atoms. The van der Waals surface area contributed by atoms with Crippen LogP contribution in [0.1, 0.15) is 27.8 Å². The molecule has 0 heterocycles. The van der Waals surface area contributed by atoms with Crippen LogP contribution in [0.3, 0.4) is 0 Å². The fraction of sp³-hybridized carbons (Fsp3) is 0.294. The lowest BCUT2D eigenvalue weighted by Crippen LogP contribution is -1.98. The van der Waals surface area contributed by atoms with Gasteiger partial charge in [0.25, 0.3) is 0 Å². The van der Waals surface area contributed by atoms with Gasteiger partial charge < -0.3 is 4.74 Å². The molecule has 94 valence electrons. The van der Waals surface area contributed by atoms with Crippen molar-refractivity contribution in [3.05, 3.63) is 64.2 Å². The number of ether oxygens (including phenoxy) is 1. The molecule has 0 radical (unpaired) electrons. The Hall–Kier alpha value is -1.76. The second-order valence-electron chi connectivity index (χ2n) is 4.98. The fourth-order valence-corrected chi connectivity index (χ4v) is 1.92. The number of hydrogen-bond donors (Lipinski definition) is 0. The summed E-state index contributed by atoms with van der Waals surface area (Å²) in [5, 5.41) is 0. The number of benzene rings is 2. The summed E-state index contributed by atoms with van der Waals surface area (Å²) in [7, 11) is 0. The van der Waals surface area contributed by atoms with Crippen LogP contribution in [0.2, 0.25) is 0 Å². The van der Waals surface area contributed by atoms with E-state index in [0.717, 1.165) is 5.75 Å². The van der Waals surface area contributed by atoms with E-state index in [1.54, 1.807) is 0 Å². The molecular weight excluding hydrogens is 220 g/mol. The van der Waals surface area contributed by atoms with Gasteiger partial charge in [-0.25, -0.2) is 0 Å². The van der Waals surface area contributed by atoms with Gasteiger partial charge >= 0.3 is 0 Å². The molecule has 0 aliphatic carbocycles. The zero-order chi connectivity index (χ0) is 13.1. The molecule has 0 aliphatic heterocycles. The summed E-state index contributed by atoms with van der Waals surface area (Å²) in [6, 6.07) is 12.8. The fourth-order valence-electron chi connectivity index (χ4n) is 1.92. The molecule has 0 saturated heterocycles. The predicted octanol–water partition coefficient (Wildman–Crippen LogP) is 4.50. The minimum absolute atomic E-state index is 0.630. The Bertz CT molecular complexity index is 556. The van der Waals surface area contributed by atoms with Gasteiger partial charge in [0.05, 0.1) is 0 Å². The van der Waals surface area contributed by atoms with Crippen molar-refractivity contribution in [2.75, 3.05) is 0 Å². The molecule has 0 bridgehead atoms. The second kappa shape index (κ2) is 5.26. The molecule has 0 aliphatic rings. The first-order valence-corrected chi connectivity index (χ1v) is 6.32. The zero-order valence-corrected chi connectivity index (χ0v) is 11.6. The van der Waals surface area contributed by atoms with Gasteiger partial charge in [0.1, 0.15) is 12.4 Å². The summed E-state index contributed by atoms with van der Waals surface area (Å²) in [5.74, 6) is 0.980. The van der Waals surface area contributed by atoms with E-state index in [1.807, 2.05) is 0 Å². The summed E-state index contributed by atoms with van der Waals surface area (Å²) in [6.45, 7) is 9.06. The van der Waals surface area contributed by atoms with Gasteiger partial charge in [0, 0.05) is 0 Å². The lowest BCUT2D eigenvalue weighted by Gasteiger charge is -2.11. The summed E-state index contributed by atoms with van der Waals surface area (Å²) in [4.78, 5) is 0. The van der Waals surface area contributed by atoms with E-state index in [4.69, 9.17) is 4.74 Å². The first-order valence-electron chi connectivity index (χ1n) is 6.32. The highest BCUT2D eigenvalue weighted by atomic mass is 16.5. The van der Waals surface area contributed by atoms with Crippen LogP contribution in [-0.4, -0.2) is 0 Å². The molecule has 1 heteroatoms. The molecule has 0 atom stereocenters. The predicted molar refractivity (Wildman–Crippen MR) is 76.2 cm³/mol. The van der Waals surface area contributed by atoms with Crippen molar-refractivity contribution in [1.29, 1.82) is 0 Å². The lowest BCUT2D eigenvalue weighted by molar-refractivity contribution is 0.304. The van der Waals surface area contributed by atoms with Gasteiger partial charge in [-0.15, -0.1) is 0 Å². The van der Waals surface area contributed by atoms with Gasteiger partial charge in [-0.05, 0) is 61.6 Å². The van der Waals surface area contributed by atoms with Crippen molar-refractivity contribution in [2.45, 2.75) is 34.3 Å². The molecule has 0 unspecified atom stereocenters. The number of aryl methyl sites for hydroxylation is 4. The van der Waals surface area contributed by atoms with Gasteiger partial charge in [-0.3, -0.25) is 0 Å². The van der Waals surface area contributed by atoms with Crippen molar-refractivity contribution >= 4 is 0 Å². The van der Waals surface area contributed by atoms with Gasteiger partial charge in [-0.1, -0.05) is 30.3 Å². The van der Waals surface area contributed by atoms with E-state index in [-0.39, 0.29) is 0 Å². The van der Waals surface area contributed by atoms with Gasteiger partial charge in [-0.2, -0.15) is 0 Å². The SMILES string of the molecule is Cc1ccc(C)c(OCc2ccc(C)c(C)c2)c1. The zero-order valence-electron chi connectivity index (χ0n) is 11.6. The Morgan fingerprint density at radius 2 is 1.50 bits per heavy atom. The molecule has 0 aromatic heterocycles. The van der Waals surface area contributed by atoms with Crippen LogP contribution in [0, 0.1) is 27.7 Å². The van der Waals surface area contributed by atoms with Crippen LogP contribution < -0.4 is 4.74 Å². The summed E-state index contributed by atoms with van der Waals surface area (Å²) in [5.41, 5.74) is 6.28.